The maximum atomic E-state index is 10.2. The molecule has 0 aliphatic heterocycles. The van der Waals surface area contributed by atoms with E-state index in [0.717, 1.165) is 37.8 Å². The summed E-state index contributed by atoms with van der Waals surface area (Å²) in [6, 6.07) is 0. The molecule has 0 atom stereocenters. The van der Waals surface area contributed by atoms with E-state index in [1.165, 1.54) is 0 Å². The van der Waals surface area contributed by atoms with Gasteiger partial charge in [0.05, 0.1) is 5.71 Å². The van der Waals surface area contributed by atoms with E-state index >= 15 is 0 Å². The van der Waals surface area contributed by atoms with Gasteiger partial charge in [0.15, 0.2) is 0 Å². The minimum Gasteiger partial charge on any atom is -0.481 e. The Bertz CT molecular complexity index is 198. The van der Waals surface area contributed by atoms with Crippen molar-refractivity contribution in [3.8, 4) is 0 Å². The number of rotatable bonds is 9. The van der Waals surface area contributed by atoms with Gasteiger partial charge in [0.1, 0.15) is 6.61 Å². The average Bonchev–Trinajstić information content (AvgIpc) is 2.14. The Morgan fingerprint density at radius 3 is 2.33 bits per heavy atom. The Balaban J connectivity index is 3.05. The number of hydrogen-bond donors (Lipinski definition) is 1. The molecule has 0 fully saturated rings. The summed E-state index contributed by atoms with van der Waals surface area (Å²) in [5, 5.41) is 12.2. The Morgan fingerprint density at radius 1 is 1.13 bits per heavy atom. The van der Waals surface area contributed by atoms with Crippen LogP contribution in [0.3, 0.4) is 0 Å². The summed E-state index contributed by atoms with van der Waals surface area (Å²) in [5.74, 6) is -0.703. The van der Waals surface area contributed by atoms with Crippen LogP contribution < -0.4 is 0 Å². The quantitative estimate of drug-likeness (QED) is 0.365. The number of unbranched alkanes of at least 4 members (excludes halogenated alkanes) is 4. The molecule has 4 nitrogen and oxygen atoms in total. The van der Waals surface area contributed by atoms with Gasteiger partial charge in [-0.25, -0.2) is 0 Å². The lowest BCUT2D eigenvalue weighted by Crippen LogP contribution is -1.94. The highest BCUT2D eigenvalue weighted by Crippen LogP contribution is 2.05. The van der Waals surface area contributed by atoms with E-state index in [1.54, 1.807) is 0 Å². The second-order valence-electron chi connectivity index (χ2n) is 3.78. The van der Waals surface area contributed by atoms with E-state index in [4.69, 9.17) is 9.94 Å². The van der Waals surface area contributed by atoms with Gasteiger partial charge >= 0.3 is 5.97 Å². The van der Waals surface area contributed by atoms with Crippen LogP contribution in [0.2, 0.25) is 0 Å². The molecule has 0 aliphatic rings. The van der Waals surface area contributed by atoms with Crippen LogP contribution in [0.5, 0.6) is 0 Å². The fourth-order valence-corrected chi connectivity index (χ4v) is 1.15. The second-order valence-corrected chi connectivity index (χ2v) is 3.78. The molecule has 0 aromatic heterocycles. The molecule has 0 saturated heterocycles. The normalized spacial score (nSPS) is 9.73. The van der Waals surface area contributed by atoms with Gasteiger partial charge in [0.2, 0.25) is 0 Å². The SMILES string of the molecule is CC(C)=NOCCCCCCCC(=O)O. The monoisotopic (exact) mass is 215 g/mol. The molecule has 0 radical (unpaired) electrons. The first-order valence-corrected chi connectivity index (χ1v) is 5.48. The van der Waals surface area contributed by atoms with Gasteiger partial charge in [-0.05, 0) is 33.1 Å². The highest BCUT2D eigenvalue weighted by molar-refractivity contribution is 5.78. The van der Waals surface area contributed by atoms with Crippen LogP contribution in [-0.4, -0.2) is 23.4 Å². The summed E-state index contributed by atoms with van der Waals surface area (Å²) in [4.78, 5) is 15.2. The summed E-state index contributed by atoms with van der Waals surface area (Å²) in [6.45, 7) is 4.45. The van der Waals surface area contributed by atoms with Gasteiger partial charge in [-0.3, -0.25) is 4.79 Å². The zero-order chi connectivity index (χ0) is 11.5. The molecule has 0 spiro atoms. The van der Waals surface area contributed by atoms with Crippen LogP contribution in [0, 0.1) is 0 Å². The maximum Gasteiger partial charge on any atom is 0.303 e. The lowest BCUT2D eigenvalue weighted by molar-refractivity contribution is -0.137. The van der Waals surface area contributed by atoms with Crippen LogP contribution in [0.25, 0.3) is 0 Å². The summed E-state index contributed by atoms with van der Waals surface area (Å²) in [7, 11) is 0. The Hall–Kier alpha value is -1.06. The number of oxime groups is 1. The molecule has 0 bridgehead atoms. The molecule has 88 valence electrons. The third-order valence-electron chi connectivity index (χ3n) is 1.87. The molecule has 4 heteroatoms. The summed E-state index contributed by atoms with van der Waals surface area (Å²) in [6.07, 6.45) is 5.20. The largest absolute Gasteiger partial charge is 0.481 e. The van der Waals surface area contributed by atoms with Crippen LogP contribution in [0.4, 0.5) is 0 Å². The molecular weight excluding hydrogens is 194 g/mol. The zero-order valence-corrected chi connectivity index (χ0v) is 9.66. The first-order valence-electron chi connectivity index (χ1n) is 5.48. The number of carboxylic acid groups (broad SMARTS) is 1. The van der Waals surface area contributed by atoms with Gasteiger partial charge in [0.25, 0.3) is 0 Å². The predicted octanol–water partition coefficient (Wildman–Crippen LogP) is 2.82. The fourth-order valence-electron chi connectivity index (χ4n) is 1.15. The molecule has 0 aromatic carbocycles. The fraction of sp³-hybridized carbons (Fsp3) is 0.818. The summed E-state index contributed by atoms with van der Waals surface area (Å²) >= 11 is 0. The third kappa shape index (κ3) is 12.9. The van der Waals surface area contributed by atoms with Gasteiger partial charge in [0, 0.05) is 6.42 Å². The maximum absolute atomic E-state index is 10.2. The zero-order valence-electron chi connectivity index (χ0n) is 9.66. The third-order valence-corrected chi connectivity index (χ3v) is 1.87. The number of carbonyl (C=O) groups is 1. The predicted molar refractivity (Wildman–Crippen MR) is 60.1 cm³/mol. The average molecular weight is 215 g/mol. The molecule has 0 aliphatic carbocycles. The molecule has 0 rings (SSSR count). The van der Waals surface area contributed by atoms with Crippen molar-refractivity contribution in [2.24, 2.45) is 5.16 Å². The Kier molecular flexibility index (Phi) is 8.82. The number of hydrogen-bond acceptors (Lipinski definition) is 3. The van der Waals surface area contributed by atoms with Crippen molar-refractivity contribution in [1.29, 1.82) is 0 Å². The van der Waals surface area contributed by atoms with Gasteiger partial charge < -0.3 is 9.94 Å². The molecule has 0 amide bonds. The van der Waals surface area contributed by atoms with Crippen molar-refractivity contribution < 1.29 is 14.7 Å². The molecule has 0 heterocycles. The minimum atomic E-state index is -0.703. The summed E-state index contributed by atoms with van der Waals surface area (Å²) in [5.41, 5.74) is 0.927. The molecule has 1 N–H and O–H groups in total. The van der Waals surface area contributed by atoms with Crippen molar-refractivity contribution in [2.75, 3.05) is 6.61 Å². The topological polar surface area (TPSA) is 58.9 Å². The van der Waals surface area contributed by atoms with E-state index < -0.39 is 5.97 Å². The highest BCUT2D eigenvalue weighted by atomic mass is 16.6. The smallest absolute Gasteiger partial charge is 0.303 e. The van der Waals surface area contributed by atoms with Crippen molar-refractivity contribution >= 4 is 11.7 Å². The van der Waals surface area contributed by atoms with E-state index in [0.29, 0.717) is 6.61 Å². The van der Waals surface area contributed by atoms with Gasteiger partial charge in [-0.15, -0.1) is 0 Å². The minimum absolute atomic E-state index is 0.288. The van der Waals surface area contributed by atoms with Crippen LogP contribution in [0.15, 0.2) is 5.16 Å². The van der Waals surface area contributed by atoms with Crippen LogP contribution >= 0.6 is 0 Å². The number of carboxylic acids is 1. The van der Waals surface area contributed by atoms with Crippen molar-refractivity contribution in [3.05, 3.63) is 0 Å². The van der Waals surface area contributed by atoms with Crippen LogP contribution in [-0.2, 0) is 9.63 Å². The van der Waals surface area contributed by atoms with E-state index in [-0.39, 0.29) is 6.42 Å². The highest BCUT2D eigenvalue weighted by Gasteiger charge is 1.96. The second kappa shape index (κ2) is 9.49. The van der Waals surface area contributed by atoms with Gasteiger partial charge in [-0.1, -0.05) is 18.0 Å². The van der Waals surface area contributed by atoms with Crippen LogP contribution in [0.1, 0.15) is 52.4 Å². The molecule has 15 heavy (non-hydrogen) atoms. The first-order chi connectivity index (χ1) is 7.13. The van der Waals surface area contributed by atoms with Crippen molar-refractivity contribution in [2.45, 2.75) is 52.4 Å². The summed E-state index contributed by atoms with van der Waals surface area (Å²) < 4.78 is 0. The van der Waals surface area contributed by atoms with Gasteiger partial charge in [-0.2, -0.15) is 0 Å². The van der Waals surface area contributed by atoms with Crippen molar-refractivity contribution in [3.63, 3.8) is 0 Å². The van der Waals surface area contributed by atoms with E-state index in [2.05, 4.69) is 5.16 Å². The number of aliphatic carboxylic acids is 1. The Labute approximate surface area is 91.3 Å². The molecule has 0 saturated carbocycles. The molecule has 0 aromatic rings. The first kappa shape index (κ1) is 13.9. The van der Waals surface area contributed by atoms with E-state index in [9.17, 15) is 4.79 Å². The molecular formula is C11H21NO3. The Morgan fingerprint density at radius 2 is 1.73 bits per heavy atom. The number of nitrogens with zero attached hydrogens (tertiary/aromatic N) is 1. The lowest BCUT2D eigenvalue weighted by atomic mass is 10.1. The standard InChI is InChI=1S/C11H21NO3/c1-10(2)12-15-9-7-5-3-4-6-8-11(13)14/h3-9H2,1-2H3,(H,13,14). The lowest BCUT2D eigenvalue weighted by Gasteiger charge is -2.00. The molecule has 0 unspecified atom stereocenters. The van der Waals surface area contributed by atoms with Crippen molar-refractivity contribution in [1.82, 2.24) is 0 Å². The van der Waals surface area contributed by atoms with E-state index in [1.807, 2.05) is 13.8 Å².